The second-order valence-electron chi connectivity index (χ2n) is 4.68. The third kappa shape index (κ3) is 1.81. The molecule has 0 radical (unpaired) electrons. The first kappa shape index (κ1) is 10.7. The van der Waals surface area contributed by atoms with E-state index in [4.69, 9.17) is 5.73 Å². The summed E-state index contributed by atoms with van der Waals surface area (Å²) in [4.78, 5) is 0. The maximum atomic E-state index is 5.75. The molecule has 1 aromatic rings. The Bertz CT molecular complexity index is 326. The topological polar surface area (TPSA) is 26.0 Å². The zero-order valence-electron chi connectivity index (χ0n) is 9.63. The molecule has 1 heteroatoms. The summed E-state index contributed by atoms with van der Waals surface area (Å²) >= 11 is 0. The molecule has 2 rings (SSSR count). The van der Waals surface area contributed by atoms with Gasteiger partial charge in [0.15, 0.2) is 0 Å². The summed E-state index contributed by atoms with van der Waals surface area (Å²) < 4.78 is 0. The van der Waals surface area contributed by atoms with Crippen LogP contribution < -0.4 is 5.73 Å². The summed E-state index contributed by atoms with van der Waals surface area (Å²) in [5.74, 6) is 0. The highest BCUT2D eigenvalue weighted by Gasteiger charge is 2.38. The summed E-state index contributed by atoms with van der Waals surface area (Å²) in [6.45, 7) is 3.06. The highest BCUT2D eigenvalue weighted by molar-refractivity contribution is 5.36. The number of nitrogens with two attached hydrogens (primary N) is 1. The molecule has 0 unspecified atom stereocenters. The molecule has 0 aliphatic heterocycles. The van der Waals surface area contributed by atoms with Gasteiger partial charge in [0.1, 0.15) is 0 Å². The molecule has 0 saturated heterocycles. The highest BCUT2D eigenvalue weighted by atomic mass is 14.6. The normalized spacial score (nSPS) is 18.5. The summed E-state index contributed by atoms with van der Waals surface area (Å²) in [5.41, 5.74) is 9.28. The van der Waals surface area contributed by atoms with Crippen LogP contribution in [-0.4, -0.2) is 6.54 Å². The fourth-order valence-electron chi connectivity index (χ4n) is 2.88. The second kappa shape index (κ2) is 4.36. The average molecular weight is 203 g/mol. The molecule has 0 heterocycles. The predicted molar refractivity (Wildman–Crippen MR) is 65.0 cm³/mol. The summed E-state index contributed by atoms with van der Waals surface area (Å²) in [5, 5.41) is 0. The van der Waals surface area contributed by atoms with Gasteiger partial charge in [-0.05, 0) is 48.8 Å². The van der Waals surface area contributed by atoms with Gasteiger partial charge in [-0.2, -0.15) is 0 Å². The van der Waals surface area contributed by atoms with Crippen molar-refractivity contribution in [3.8, 4) is 0 Å². The molecule has 82 valence electrons. The van der Waals surface area contributed by atoms with Crippen molar-refractivity contribution in [1.29, 1.82) is 0 Å². The van der Waals surface area contributed by atoms with Gasteiger partial charge >= 0.3 is 0 Å². The molecule has 1 nitrogen and oxygen atoms in total. The molecule has 1 aliphatic rings. The van der Waals surface area contributed by atoms with Crippen LogP contribution in [0.2, 0.25) is 0 Å². The van der Waals surface area contributed by atoms with E-state index in [0.29, 0.717) is 5.41 Å². The Morgan fingerprint density at radius 3 is 2.53 bits per heavy atom. The van der Waals surface area contributed by atoms with Gasteiger partial charge in [-0.1, -0.05) is 37.6 Å². The molecule has 0 spiro atoms. The minimum absolute atomic E-state index is 0.432. The number of rotatable bonds is 4. The molecule has 0 atom stereocenters. The molecule has 0 aromatic heterocycles. The van der Waals surface area contributed by atoms with Crippen LogP contribution in [0.1, 0.15) is 43.7 Å². The van der Waals surface area contributed by atoms with E-state index in [1.165, 1.54) is 24.8 Å². The van der Waals surface area contributed by atoms with Gasteiger partial charge in [0.2, 0.25) is 0 Å². The van der Waals surface area contributed by atoms with E-state index < -0.39 is 0 Å². The van der Waals surface area contributed by atoms with E-state index in [1.807, 2.05) is 0 Å². The molecule has 1 aromatic carbocycles. The van der Waals surface area contributed by atoms with Crippen LogP contribution in [0.3, 0.4) is 0 Å². The monoisotopic (exact) mass is 203 g/mol. The summed E-state index contributed by atoms with van der Waals surface area (Å²) in [7, 11) is 0. The molecular weight excluding hydrogens is 182 g/mol. The average Bonchev–Trinajstić information content (AvgIpc) is 2.23. The number of hydrogen-bond donors (Lipinski definition) is 1. The largest absolute Gasteiger partial charge is 0.330 e. The minimum Gasteiger partial charge on any atom is -0.330 e. The highest BCUT2D eigenvalue weighted by Crippen LogP contribution is 2.47. The smallest absolute Gasteiger partial charge is 0.00323 e. The minimum atomic E-state index is 0.432. The van der Waals surface area contributed by atoms with Crippen LogP contribution in [0.5, 0.6) is 0 Å². The maximum Gasteiger partial charge on any atom is -0.00323 e. The first-order chi connectivity index (χ1) is 7.32. The Morgan fingerprint density at radius 2 is 2.00 bits per heavy atom. The van der Waals surface area contributed by atoms with E-state index in [9.17, 15) is 0 Å². The van der Waals surface area contributed by atoms with E-state index in [2.05, 4.69) is 31.2 Å². The molecule has 1 saturated carbocycles. The van der Waals surface area contributed by atoms with Crippen molar-refractivity contribution in [2.75, 3.05) is 6.54 Å². The van der Waals surface area contributed by atoms with Crippen LogP contribution in [-0.2, 0) is 11.8 Å². The van der Waals surface area contributed by atoms with Gasteiger partial charge in [0.25, 0.3) is 0 Å². The Hall–Kier alpha value is -0.820. The van der Waals surface area contributed by atoms with Gasteiger partial charge in [0.05, 0.1) is 0 Å². The zero-order chi connectivity index (χ0) is 10.7. The van der Waals surface area contributed by atoms with Gasteiger partial charge in [0, 0.05) is 0 Å². The lowest BCUT2D eigenvalue weighted by Crippen LogP contribution is -2.37. The zero-order valence-corrected chi connectivity index (χ0v) is 9.63. The SMILES string of the molecule is CCc1ccccc1C1(CCN)CCC1. The Morgan fingerprint density at radius 1 is 1.27 bits per heavy atom. The van der Waals surface area contributed by atoms with E-state index in [0.717, 1.165) is 19.4 Å². The third-order valence-corrected chi connectivity index (χ3v) is 3.90. The molecule has 15 heavy (non-hydrogen) atoms. The van der Waals surface area contributed by atoms with Crippen LogP contribution in [0.25, 0.3) is 0 Å². The van der Waals surface area contributed by atoms with E-state index in [-0.39, 0.29) is 0 Å². The molecular formula is C14H21N. The van der Waals surface area contributed by atoms with Crippen LogP contribution in [0.4, 0.5) is 0 Å². The molecule has 2 N–H and O–H groups in total. The molecule has 1 aliphatic carbocycles. The second-order valence-corrected chi connectivity index (χ2v) is 4.68. The van der Waals surface area contributed by atoms with Crippen molar-refractivity contribution >= 4 is 0 Å². The van der Waals surface area contributed by atoms with Gasteiger partial charge in [-0.25, -0.2) is 0 Å². The lowest BCUT2D eigenvalue weighted by molar-refractivity contribution is 0.228. The van der Waals surface area contributed by atoms with Crippen molar-refractivity contribution < 1.29 is 0 Å². The van der Waals surface area contributed by atoms with Crippen LogP contribution in [0, 0.1) is 0 Å². The summed E-state index contributed by atoms with van der Waals surface area (Å²) in [6, 6.07) is 8.90. The molecule has 0 amide bonds. The maximum absolute atomic E-state index is 5.75. The third-order valence-electron chi connectivity index (χ3n) is 3.90. The molecule has 0 bridgehead atoms. The fourth-order valence-corrected chi connectivity index (χ4v) is 2.88. The standard InChI is InChI=1S/C14H21N/c1-2-12-6-3-4-7-13(12)14(10-11-15)8-5-9-14/h3-4,6-7H,2,5,8-11,15H2,1H3. The van der Waals surface area contributed by atoms with Crippen molar-refractivity contribution in [2.45, 2.75) is 44.4 Å². The van der Waals surface area contributed by atoms with E-state index >= 15 is 0 Å². The van der Waals surface area contributed by atoms with Gasteiger partial charge in [-0.3, -0.25) is 0 Å². The van der Waals surface area contributed by atoms with E-state index in [1.54, 1.807) is 5.56 Å². The predicted octanol–water partition coefficient (Wildman–Crippen LogP) is 3.02. The lowest BCUT2D eigenvalue weighted by Gasteiger charge is -2.43. The van der Waals surface area contributed by atoms with Crippen molar-refractivity contribution in [1.82, 2.24) is 0 Å². The van der Waals surface area contributed by atoms with Crippen molar-refractivity contribution in [2.24, 2.45) is 5.73 Å². The Labute approximate surface area is 92.7 Å². The van der Waals surface area contributed by atoms with Crippen molar-refractivity contribution in [3.05, 3.63) is 35.4 Å². The Balaban J connectivity index is 2.33. The number of benzene rings is 1. The molecule has 1 fully saturated rings. The first-order valence-corrected chi connectivity index (χ1v) is 6.11. The summed E-state index contributed by atoms with van der Waals surface area (Å²) in [6.07, 6.45) is 6.34. The van der Waals surface area contributed by atoms with Crippen LogP contribution >= 0.6 is 0 Å². The number of aryl methyl sites for hydroxylation is 1. The van der Waals surface area contributed by atoms with Crippen LogP contribution in [0.15, 0.2) is 24.3 Å². The lowest BCUT2D eigenvalue weighted by atomic mass is 9.61. The van der Waals surface area contributed by atoms with Gasteiger partial charge in [-0.15, -0.1) is 0 Å². The number of hydrogen-bond acceptors (Lipinski definition) is 1. The fraction of sp³-hybridized carbons (Fsp3) is 0.571. The van der Waals surface area contributed by atoms with Gasteiger partial charge < -0.3 is 5.73 Å². The first-order valence-electron chi connectivity index (χ1n) is 6.11. The Kier molecular flexibility index (Phi) is 3.11. The quantitative estimate of drug-likeness (QED) is 0.799. The van der Waals surface area contributed by atoms with Crippen molar-refractivity contribution in [3.63, 3.8) is 0 Å².